The number of hydrogen-bond donors (Lipinski definition) is 2. The first-order valence-electron chi connectivity index (χ1n) is 9.51. The summed E-state index contributed by atoms with van der Waals surface area (Å²) in [5.41, 5.74) is 1.98. The quantitative estimate of drug-likeness (QED) is 0.566. The highest BCUT2D eigenvalue weighted by Gasteiger charge is 2.25. The highest BCUT2D eigenvalue weighted by molar-refractivity contribution is 6.30. The van der Waals surface area contributed by atoms with E-state index >= 15 is 0 Å². The lowest BCUT2D eigenvalue weighted by Crippen LogP contribution is -2.44. The van der Waals surface area contributed by atoms with Crippen molar-refractivity contribution in [1.29, 1.82) is 0 Å². The van der Waals surface area contributed by atoms with Crippen LogP contribution < -0.4 is 20.3 Å². The van der Waals surface area contributed by atoms with Crippen molar-refractivity contribution in [1.82, 2.24) is 15.8 Å². The molecule has 2 N–H and O–H groups in total. The Labute approximate surface area is 171 Å². The second-order valence-corrected chi connectivity index (χ2v) is 7.63. The third kappa shape index (κ3) is 4.90. The second-order valence-electron chi connectivity index (χ2n) is 7.19. The van der Waals surface area contributed by atoms with Crippen LogP contribution in [0.1, 0.15) is 37.6 Å². The summed E-state index contributed by atoms with van der Waals surface area (Å²) in [5, 5.41) is 11.6. The first-order chi connectivity index (χ1) is 13.5. The molecule has 1 aliphatic rings. The summed E-state index contributed by atoms with van der Waals surface area (Å²) in [6.07, 6.45) is 0.996. The minimum Gasteiger partial charge on any atom is -0.495 e. The Morgan fingerprint density at radius 1 is 1.43 bits per heavy atom. The molecule has 0 bridgehead atoms. The maximum atomic E-state index is 6.18. The molecular formula is C20H28ClN5O2. The van der Waals surface area contributed by atoms with Crippen LogP contribution in [0.4, 0.5) is 5.69 Å². The number of benzene rings is 1. The molecule has 3 rings (SSSR count). The molecule has 1 aromatic carbocycles. The predicted molar refractivity (Wildman–Crippen MR) is 113 cm³/mol. The summed E-state index contributed by atoms with van der Waals surface area (Å²) in [4.78, 5) is 6.60. The van der Waals surface area contributed by atoms with Gasteiger partial charge in [-0.25, -0.2) is 0 Å². The molecule has 1 atom stereocenters. The number of nitrogens with one attached hydrogen (secondary N) is 2. The SMILES string of the molecule is CN=C(NCc1cc(C(C)C)no1)NC1CCN(c2cc(Cl)ccc2OC)C1. The molecule has 1 unspecified atom stereocenters. The molecule has 1 fully saturated rings. The zero-order valence-corrected chi connectivity index (χ0v) is 17.6. The second kappa shape index (κ2) is 9.19. The van der Waals surface area contributed by atoms with E-state index in [1.807, 2.05) is 24.3 Å². The molecule has 0 radical (unpaired) electrons. The molecule has 152 valence electrons. The maximum Gasteiger partial charge on any atom is 0.191 e. The normalized spacial score (nSPS) is 17.3. The van der Waals surface area contributed by atoms with E-state index in [1.165, 1.54) is 0 Å². The number of anilines is 1. The number of ether oxygens (including phenoxy) is 1. The van der Waals surface area contributed by atoms with Crippen molar-refractivity contribution in [2.45, 2.75) is 38.8 Å². The van der Waals surface area contributed by atoms with E-state index in [2.05, 4.69) is 39.5 Å². The van der Waals surface area contributed by atoms with Crippen LogP contribution in [0.2, 0.25) is 5.02 Å². The first kappa shape index (κ1) is 20.3. The van der Waals surface area contributed by atoms with Gasteiger partial charge < -0.3 is 24.8 Å². The zero-order chi connectivity index (χ0) is 20.1. The van der Waals surface area contributed by atoms with Crippen LogP contribution in [0.15, 0.2) is 33.8 Å². The number of aromatic nitrogens is 1. The van der Waals surface area contributed by atoms with Gasteiger partial charge in [-0.1, -0.05) is 30.6 Å². The van der Waals surface area contributed by atoms with Gasteiger partial charge in [0.2, 0.25) is 0 Å². The van der Waals surface area contributed by atoms with Gasteiger partial charge in [-0.05, 0) is 30.5 Å². The van der Waals surface area contributed by atoms with Crippen molar-refractivity contribution >= 4 is 23.2 Å². The molecule has 1 saturated heterocycles. The number of nitrogens with zero attached hydrogens (tertiary/aromatic N) is 3. The molecule has 2 aromatic rings. The number of methoxy groups -OCH3 is 1. The van der Waals surface area contributed by atoms with Crippen molar-refractivity contribution in [2.75, 3.05) is 32.1 Å². The molecule has 0 saturated carbocycles. The predicted octanol–water partition coefficient (Wildman–Crippen LogP) is 3.40. The van der Waals surface area contributed by atoms with Crippen molar-refractivity contribution in [2.24, 2.45) is 4.99 Å². The molecule has 1 aliphatic heterocycles. The van der Waals surface area contributed by atoms with Gasteiger partial charge in [0.1, 0.15) is 5.75 Å². The van der Waals surface area contributed by atoms with E-state index in [-0.39, 0.29) is 6.04 Å². The van der Waals surface area contributed by atoms with Gasteiger partial charge in [-0.15, -0.1) is 0 Å². The van der Waals surface area contributed by atoms with Crippen molar-refractivity contribution in [3.8, 4) is 5.75 Å². The number of rotatable bonds is 6. The molecule has 28 heavy (non-hydrogen) atoms. The lowest BCUT2D eigenvalue weighted by atomic mass is 10.1. The van der Waals surface area contributed by atoms with Crippen LogP contribution in [-0.4, -0.2) is 44.4 Å². The summed E-state index contributed by atoms with van der Waals surface area (Å²) in [7, 11) is 3.44. The zero-order valence-electron chi connectivity index (χ0n) is 16.8. The molecule has 0 amide bonds. The Kier molecular flexibility index (Phi) is 6.67. The average molecular weight is 406 g/mol. The van der Waals surface area contributed by atoms with Gasteiger partial charge in [-0.2, -0.15) is 0 Å². The van der Waals surface area contributed by atoms with Crippen molar-refractivity contribution < 1.29 is 9.26 Å². The summed E-state index contributed by atoms with van der Waals surface area (Å²) in [5.74, 6) is 2.72. The van der Waals surface area contributed by atoms with Gasteiger partial charge in [0.15, 0.2) is 11.7 Å². The van der Waals surface area contributed by atoms with E-state index in [0.29, 0.717) is 17.5 Å². The molecular weight excluding hydrogens is 378 g/mol. The van der Waals surface area contributed by atoms with Gasteiger partial charge in [0.05, 0.1) is 25.0 Å². The van der Waals surface area contributed by atoms with E-state index in [1.54, 1.807) is 14.2 Å². The van der Waals surface area contributed by atoms with Crippen LogP contribution in [0.25, 0.3) is 0 Å². The minimum atomic E-state index is 0.274. The fourth-order valence-corrected chi connectivity index (χ4v) is 3.42. The van der Waals surface area contributed by atoms with E-state index in [9.17, 15) is 0 Å². The Balaban J connectivity index is 1.55. The van der Waals surface area contributed by atoms with Crippen LogP contribution in [0.3, 0.4) is 0 Å². The maximum absolute atomic E-state index is 6.18. The fraction of sp³-hybridized carbons (Fsp3) is 0.500. The lowest BCUT2D eigenvalue weighted by molar-refractivity contribution is 0.371. The minimum absolute atomic E-state index is 0.274. The Hall–Kier alpha value is -2.41. The highest BCUT2D eigenvalue weighted by atomic mass is 35.5. The van der Waals surface area contributed by atoms with Crippen molar-refractivity contribution in [3.05, 3.63) is 40.7 Å². The van der Waals surface area contributed by atoms with E-state index in [0.717, 1.165) is 48.4 Å². The third-order valence-electron chi connectivity index (χ3n) is 4.83. The molecule has 8 heteroatoms. The van der Waals surface area contributed by atoms with Crippen molar-refractivity contribution in [3.63, 3.8) is 0 Å². The summed E-state index contributed by atoms with van der Waals surface area (Å²) in [6, 6.07) is 7.95. The monoisotopic (exact) mass is 405 g/mol. The number of aliphatic imine (C=N–C) groups is 1. The van der Waals surface area contributed by atoms with Gasteiger partial charge in [-0.3, -0.25) is 4.99 Å². The number of guanidine groups is 1. The largest absolute Gasteiger partial charge is 0.495 e. The van der Waals surface area contributed by atoms with Crippen LogP contribution in [0.5, 0.6) is 5.75 Å². The van der Waals surface area contributed by atoms with Crippen LogP contribution in [-0.2, 0) is 6.54 Å². The van der Waals surface area contributed by atoms with Gasteiger partial charge in [0.25, 0.3) is 0 Å². The molecule has 0 aliphatic carbocycles. The fourth-order valence-electron chi connectivity index (χ4n) is 3.25. The molecule has 1 aromatic heterocycles. The Bertz CT molecular complexity index is 821. The van der Waals surface area contributed by atoms with Gasteiger partial charge in [0, 0.05) is 37.3 Å². The molecule has 2 heterocycles. The lowest BCUT2D eigenvalue weighted by Gasteiger charge is -2.22. The number of hydrogen-bond acceptors (Lipinski definition) is 5. The summed E-state index contributed by atoms with van der Waals surface area (Å²) in [6.45, 7) is 6.49. The Morgan fingerprint density at radius 2 is 2.25 bits per heavy atom. The van der Waals surface area contributed by atoms with Gasteiger partial charge >= 0.3 is 0 Å². The molecule has 7 nitrogen and oxygen atoms in total. The van der Waals surface area contributed by atoms with Crippen LogP contribution in [0, 0.1) is 0 Å². The standard InChI is InChI=1S/C20H28ClN5O2/c1-13(2)17-10-16(28-25-17)11-23-20(22-3)24-15-7-8-26(12-15)18-9-14(21)5-6-19(18)27-4/h5-6,9-10,13,15H,7-8,11-12H2,1-4H3,(H2,22,23,24). The van der Waals surface area contributed by atoms with Crippen LogP contribution >= 0.6 is 11.6 Å². The topological polar surface area (TPSA) is 74.9 Å². The number of halogens is 1. The first-order valence-corrected chi connectivity index (χ1v) is 9.89. The summed E-state index contributed by atoms with van der Waals surface area (Å²) >= 11 is 6.18. The molecule has 0 spiro atoms. The highest BCUT2D eigenvalue weighted by Crippen LogP contribution is 2.33. The average Bonchev–Trinajstić information content (AvgIpc) is 3.34. The smallest absolute Gasteiger partial charge is 0.191 e. The Morgan fingerprint density at radius 3 is 2.93 bits per heavy atom. The van der Waals surface area contributed by atoms with E-state index in [4.69, 9.17) is 20.9 Å². The van der Waals surface area contributed by atoms with E-state index < -0.39 is 0 Å². The summed E-state index contributed by atoms with van der Waals surface area (Å²) < 4.78 is 10.9. The third-order valence-corrected chi connectivity index (χ3v) is 5.07.